The number of carbonyl (C=O) groups is 1. The van der Waals surface area contributed by atoms with Gasteiger partial charge in [-0.1, -0.05) is 36.4 Å². The van der Waals surface area contributed by atoms with Crippen molar-refractivity contribution in [3.05, 3.63) is 48.0 Å². The van der Waals surface area contributed by atoms with Gasteiger partial charge < -0.3 is 5.11 Å². The van der Waals surface area contributed by atoms with E-state index in [1.54, 1.807) is 6.92 Å². The number of benzene rings is 2. The Hall–Kier alpha value is -1.48. The Morgan fingerprint density at radius 1 is 1.24 bits per heavy atom. The number of hydrogen-bond acceptors (Lipinski definition) is 2. The highest BCUT2D eigenvalue weighted by molar-refractivity contribution is 7.80. The van der Waals surface area contributed by atoms with Gasteiger partial charge >= 0.3 is 5.97 Å². The van der Waals surface area contributed by atoms with E-state index in [1.807, 2.05) is 42.5 Å². The summed E-state index contributed by atoms with van der Waals surface area (Å²) < 4.78 is 0. The lowest BCUT2D eigenvalue weighted by Crippen LogP contribution is -2.34. The van der Waals surface area contributed by atoms with Crippen molar-refractivity contribution in [2.75, 3.05) is 5.75 Å². The molecule has 0 saturated carbocycles. The van der Waals surface area contributed by atoms with E-state index < -0.39 is 11.4 Å². The Kier molecular flexibility index (Phi) is 3.11. The molecule has 0 saturated heterocycles. The topological polar surface area (TPSA) is 37.3 Å². The molecule has 0 aliphatic rings. The molecule has 0 bridgehead atoms. The third-order valence-corrected chi connectivity index (χ3v) is 3.81. The summed E-state index contributed by atoms with van der Waals surface area (Å²) in [5.74, 6) is -0.566. The second-order valence-electron chi connectivity index (χ2n) is 4.36. The molecule has 2 rings (SSSR count). The fraction of sp³-hybridized carbons (Fsp3) is 0.214. The minimum atomic E-state index is -0.937. The molecular formula is C14H14O2S. The van der Waals surface area contributed by atoms with Crippen molar-refractivity contribution in [1.82, 2.24) is 0 Å². The SMILES string of the molecule is CC(CS)(C(=O)O)c1ccc2ccccc2c1. The maximum absolute atomic E-state index is 11.3. The van der Waals surface area contributed by atoms with E-state index in [-0.39, 0.29) is 5.75 Å². The molecule has 0 spiro atoms. The lowest BCUT2D eigenvalue weighted by molar-refractivity contribution is -0.142. The minimum Gasteiger partial charge on any atom is -0.481 e. The molecule has 1 unspecified atom stereocenters. The zero-order valence-corrected chi connectivity index (χ0v) is 10.4. The van der Waals surface area contributed by atoms with Crippen LogP contribution in [0.15, 0.2) is 42.5 Å². The second kappa shape index (κ2) is 4.41. The second-order valence-corrected chi connectivity index (χ2v) is 4.67. The third-order valence-electron chi connectivity index (χ3n) is 3.17. The molecular weight excluding hydrogens is 232 g/mol. The molecule has 0 fully saturated rings. The normalized spacial score (nSPS) is 14.5. The quantitative estimate of drug-likeness (QED) is 0.816. The Morgan fingerprint density at radius 2 is 1.88 bits per heavy atom. The molecule has 2 aromatic carbocycles. The van der Waals surface area contributed by atoms with Gasteiger partial charge in [-0.25, -0.2) is 0 Å². The average Bonchev–Trinajstić information content (AvgIpc) is 2.37. The molecule has 3 heteroatoms. The molecule has 2 nitrogen and oxygen atoms in total. The van der Waals surface area contributed by atoms with E-state index in [0.717, 1.165) is 16.3 Å². The number of fused-ring (bicyclic) bond motifs is 1. The molecule has 2 aromatic rings. The molecule has 0 aliphatic heterocycles. The minimum absolute atomic E-state index is 0.278. The largest absolute Gasteiger partial charge is 0.481 e. The van der Waals surface area contributed by atoms with Crippen molar-refractivity contribution in [3.8, 4) is 0 Å². The van der Waals surface area contributed by atoms with E-state index in [4.69, 9.17) is 0 Å². The molecule has 0 aliphatic carbocycles. The highest BCUT2D eigenvalue weighted by atomic mass is 32.1. The molecule has 0 aromatic heterocycles. The third kappa shape index (κ3) is 2.03. The van der Waals surface area contributed by atoms with Crippen LogP contribution in [0.3, 0.4) is 0 Å². The summed E-state index contributed by atoms with van der Waals surface area (Å²) >= 11 is 4.17. The van der Waals surface area contributed by atoms with Gasteiger partial charge in [0.25, 0.3) is 0 Å². The Morgan fingerprint density at radius 3 is 2.47 bits per heavy atom. The maximum atomic E-state index is 11.3. The van der Waals surface area contributed by atoms with Crippen LogP contribution in [0.5, 0.6) is 0 Å². The van der Waals surface area contributed by atoms with Crippen molar-refractivity contribution in [2.45, 2.75) is 12.3 Å². The molecule has 0 heterocycles. The summed E-state index contributed by atoms with van der Waals surface area (Å²) in [5.41, 5.74) is -0.147. The van der Waals surface area contributed by atoms with Gasteiger partial charge in [0, 0.05) is 5.75 Å². The zero-order chi connectivity index (χ0) is 12.5. The van der Waals surface area contributed by atoms with E-state index in [0.29, 0.717) is 0 Å². The van der Waals surface area contributed by atoms with Crippen LogP contribution in [0, 0.1) is 0 Å². The zero-order valence-electron chi connectivity index (χ0n) is 9.55. The summed E-state index contributed by atoms with van der Waals surface area (Å²) in [6.45, 7) is 1.70. The van der Waals surface area contributed by atoms with Crippen molar-refractivity contribution < 1.29 is 9.90 Å². The first kappa shape index (κ1) is 12.0. The van der Waals surface area contributed by atoms with Crippen LogP contribution in [0.2, 0.25) is 0 Å². The summed E-state index contributed by atoms with van der Waals surface area (Å²) in [6, 6.07) is 13.7. The van der Waals surface area contributed by atoms with Crippen molar-refractivity contribution in [2.24, 2.45) is 0 Å². The van der Waals surface area contributed by atoms with E-state index in [9.17, 15) is 9.90 Å². The van der Waals surface area contributed by atoms with Gasteiger partial charge in [0.15, 0.2) is 0 Å². The maximum Gasteiger partial charge on any atom is 0.314 e. The van der Waals surface area contributed by atoms with E-state index in [2.05, 4.69) is 12.6 Å². The Bertz CT molecular complexity index is 565. The van der Waals surface area contributed by atoms with Crippen LogP contribution < -0.4 is 0 Å². The molecule has 0 amide bonds. The van der Waals surface area contributed by atoms with E-state index in [1.165, 1.54) is 0 Å². The van der Waals surface area contributed by atoms with Gasteiger partial charge in [-0.3, -0.25) is 4.79 Å². The lowest BCUT2D eigenvalue weighted by atomic mass is 9.83. The number of hydrogen-bond donors (Lipinski definition) is 2. The number of carboxylic acid groups (broad SMARTS) is 1. The first-order valence-corrected chi connectivity index (χ1v) is 6.05. The van der Waals surface area contributed by atoms with Crippen LogP contribution >= 0.6 is 12.6 Å². The van der Waals surface area contributed by atoms with Gasteiger partial charge in [0.2, 0.25) is 0 Å². The first-order chi connectivity index (χ1) is 8.08. The van der Waals surface area contributed by atoms with Gasteiger partial charge in [-0.15, -0.1) is 0 Å². The fourth-order valence-corrected chi connectivity index (χ4v) is 2.13. The molecule has 88 valence electrons. The molecule has 17 heavy (non-hydrogen) atoms. The highest BCUT2D eigenvalue weighted by Crippen LogP contribution is 2.28. The van der Waals surface area contributed by atoms with Gasteiger partial charge in [-0.2, -0.15) is 12.6 Å². The van der Waals surface area contributed by atoms with Gasteiger partial charge in [0.1, 0.15) is 0 Å². The van der Waals surface area contributed by atoms with Crippen LogP contribution in [-0.4, -0.2) is 16.8 Å². The van der Waals surface area contributed by atoms with Crippen molar-refractivity contribution in [3.63, 3.8) is 0 Å². The van der Waals surface area contributed by atoms with Gasteiger partial charge in [-0.05, 0) is 29.3 Å². The van der Waals surface area contributed by atoms with Crippen LogP contribution in [-0.2, 0) is 10.2 Å². The summed E-state index contributed by atoms with van der Waals surface area (Å²) in [5, 5.41) is 11.5. The number of rotatable bonds is 3. The fourth-order valence-electron chi connectivity index (χ4n) is 1.81. The highest BCUT2D eigenvalue weighted by Gasteiger charge is 2.33. The molecule has 0 radical (unpaired) electrons. The Labute approximate surface area is 106 Å². The number of carboxylic acids is 1. The Balaban J connectivity index is 2.59. The van der Waals surface area contributed by atoms with Crippen molar-refractivity contribution in [1.29, 1.82) is 0 Å². The lowest BCUT2D eigenvalue weighted by Gasteiger charge is -2.23. The summed E-state index contributed by atoms with van der Waals surface area (Å²) in [6.07, 6.45) is 0. The molecule has 1 atom stereocenters. The van der Waals surface area contributed by atoms with Gasteiger partial charge in [0.05, 0.1) is 5.41 Å². The van der Waals surface area contributed by atoms with Crippen LogP contribution in [0.4, 0.5) is 0 Å². The van der Waals surface area contributed by atoms with Crippen molar-refractivity contribution >= 4 is 29.4 Å². The summed E-state index contributed by atoms with van der Waals surface area (Å²) in [7, 11) is 0. The smallest absolute Gasteiger partial charge is 0.314 e. The first-order valence-electron chi connectivity index (χ1n) is 5.41. The predicted molar refractivity (Wildman–Crippen MR) is 72.8 cm³/mol. The molecule has 1 N–H and O–H groups in total. The van der Waals surface area contributed by atoms with E-state index >= 15 is 0 Å². The summed E-state index contributed by atoms with van der Waals surface area (Å²) in [4.78, 5) is 11.3. The predicted octanol–water partition coefficient (Wildman–Crippen LogP) is 3.11. The number of aliphatic carboxylic acids is 1. The monoisotopic (exact) mass is 246 g/mol. The number of thiol groups is 1. The standard InChI is InChI=1S/C14H14O2S/c1-14(9-17,13(15)16)12-7-6-10-4-2-3-5-11(10)8-12/h2-8,17H,9H2,1H3,(H,15,16). The van der Waals surface area contributed by atoms with Crippen LogP contribution in [0.1, 0.15) is 12.5 Å². The average molecular weight is 246 g/mol. The van der Waals surface area contributed by atoms with Crippen LogP contribution in [0.25, 0.3) is 10.8 Å².